The van der Waals surface area contributed by atoms with Gasteiger partial charge in [-0.25, -0.2) is 4.98 Å². The molecule has 0 N–H and O–H groups in total. The van der Waals surface area contributed by atoms with Gasteiger partial charge in [-0.2, -0.15) is 0 Å². The molecule has 8 nitrogen and oxygen atoms in total. The summed E-state index contributed by atoms with van der Waals surface area (Å²) < 4.78 is 6.02. The van der Waals surface area contributed by atoms with Crippen molar-refractivity contribution in [2.24, 2.45) is 11.8 Å². The van der Waals surface area contributed by atoms with Crippen molar-refractivity contribution in [3.05, 3.63) is 36.5 Å². The maximum Gasteiger partial charge on any atom is 0.306 e. The van der Waals surface area contributed by atoms with Gasteiger partial charge < -0.3 is 9.64 Å². The first-order valence-corrected chi connectivity index (χ1v) is 17.6. The lowest BCUT2D eigenvalue weighted by Gasteiger charge is -2.37. The number of unbranched alkanes of at least 4 members (excludes halogenated alkanes) is 12. The van der Waals surface area contributed by atoms with E-state index in [1.165, 1.54) is 69.1 Å². The molecule has 4 rings (SSSR count). The number of amides is 2. The average Bonchev–Trinajstić information content (AvgIpc) is 3.28. The van der Waals surface area contributed by atoms with Gasteiger partial charge in [0.25, 0.3) is 0 Å². The molecule has 244 valence electrons. The summed E-state index contributed by atoms with van der Waals surface area (Å²) in [6, 6.07) is 5.94. The highest BCUT2D eigenvalue weighted by Gasteiger charge is 2.48. The number of ether oxygens (including phenoxy) is 1. The second-order valence-corrected chi connectivity index (χ2v) is 13.0. The molecule has 44 heavy (non-hydrogen) atoms. The van der Waals surface area contributed by atoms with E-state index in [1.807, 2.05) is 36.5 Å². The van der Waals surface area contributed by atoms with Crippen LogP contribution in [-0.4, -0.2) is 77.9 Å². The van der Waals surface area contributed by atoms with Crippen LogP contribution in [0.15, 0.2) is 36.5 Å². The average molecular weight is 609 g/mol. The van der Waals surface area contributed by atoms with E-state index in [1.54, 1.807) is 0 Å². The Kier molecular flexibility index (Phi) is 14.7. The molecule has 1 unspecified atom stereocenters. The standard InChI is InChI=1S/C36H56N4O4/c1-2-3-4-5-6-7-8-9-10-11-12-13-14-22-34(41)44-30(29-40-35(42)31-19-15-16-20-32(31)36(40)43)28-38-24-26-39(27-25-38)33-21-17-18-23-37-33/h15-18,21,23,30-32H,2-14,19-20,22,24-29H2,1H3/t30?,31-,32+. The Labute approximate surface area is 265 Å². The molecule has 3 atom stereocenters. The maximum atomic E-state index is 13.2. The number of esters is 1. The normalized spacial score (nSPS) is 21.1. The van der Waals surface area contributed by atoms with Crippen LogP contribution in [0.25, 0.3) is 0 Å². The predicted molar refractivity (Wildman–Crippen MR) is 175 cm³/mol. The van der Waals surface area contributed by atoms with Gasteiger partial charge in [0.1, 0.15) is 11.9 Å². The molecule has 3 aliphatic rings. The molecule has 0 radical (unpaired) electrons. The fourth-order valence-electron chi connectivity index (χ4n) is 6.91. The number of rotatable bonds is 20. The summed E-state index contributed by atoms with van der Waals surface area (Å²) in [6.45, 7) is 6.20. The van der Waals surface area contributed by atoms with E-state index in [4.69, 9.17) is 4.74 Å². The van der Waals surface area contributed by atoms with Crippen molar-refractivity contribution in [1.29, 1.82) is 0 Å². The number of carbonyl (C=O) groups excluding carboxylic acids is 3. The van der Waals surface area contributed by atoms with E-state index in [-0.39, 0.29) is 36.2 Å². The number of fused-ring (bicyclic) bond motifs is 1. The first kappa shape index (κ1) is 34.1. The Morgan fingerprint density at radius 1 is 0.795 bits per heavy atom. The fraction of sp³-hybridized carbons (Fsp3) is 0.722. The predicted octanol–water partition coefficient (Wildman–Crippen LogP) is 6.55. The third kappa shape index (κ3) is 10.7. The monoisotopic (exact) mass is 608 g/mol. The molecular weight excluding hydrogens is 552 g/mol. The van der Waals surface area contributed by atoms with Gasteiger partial charge in [-0.3, -0.25) is 24.2 Å². The van der Waals surface area contributed by atoms with Crippen molar-refractivity contribution in [2.75, 3.05) is 44.2 Å². The van der Waals surface area contributed by atoms with Crippen LogP contribution in [0.2, 0.25) is 0 Å². The second-order valence-electron chi connectivity index (χ2n) is 13.0. The zero-order valence-corrected chi connectivity index (χ0v) is 27.2. The van der Waals surface area contributed by atoms with Crippen LogP contribution in [-0.2, 0) is 19.1 Å². The molecule has 0 saturated carbocycles. The summed E-state index contributed by atoms with van der Waals surface area (Å²) in [4.78, 5) is 49.7. The number of hydrogen-bond donors (Lipinski definition) is 0. The molecule has 1 aromatic heterocycles. The molecule has 0 aromatic carbocycles. The molecule has 0 bridgehead atoms. The Morgan fingerprint density at radius 3 is 1.91 bits per heavy atom. The van der Waals surface area contributed by atoms with E-state index in [0.29, 0.717) is 25.8 Å². The van der Waals surface area contributed by atoms with Gasteiger partial charge >= 0.3 is 5.97 Å². The molecule has 2 fully saturated rings. The Hall–Kier alpha value is -2.74. The number of piperazine rings is 1. The minimum absolute atomic E-state index is 0.109. The molecule has 2 aliphatic heterocycles. The molecule has 0 spiro atoms. The van der Waals surface area contributed by atoms with Crippen LogP contribution in [0.3, 0.4) is 0 Å². The molecule has 8 heteroatoms. The van der Waals surface area contributed by atoms with E-state index in [0.717, 1.165) is 51.3 Å². The van der Waals surface area contributed by atoms with Gasteiger partial charge in [-0.1, -0.05) is 102 Å². The number of likely N-dealkylation sites (tertiary alicyclic amines) is 1. The van der Waals surface area contributed by atoms with Crippen molar-refractivity contribution < 1.29 is 19.1 Å². The summed E-state index contributed by atoms with van der Waals surface area (Å²) >= 11 is 0. The molecular formula is C36H56N4O4. The molecule has 1 aromatic rings. The van der Waals surface area contributed by atoms with E-state index in [9.17, 15) is 14.4 Å². The molecule has 1 aliphatic carbocycles. The minimum Gasteiger partial charge on any atom is -0.459 e. The summed E-state index contributed by atoms with van der Waals surface area (Å²) in [5.74, 6) is -0.00219. The third-order valence-corrected chi connectivity index (χ3v) is 9.58. The quantitative estimate of drug-likeness (QED) is 0.0719. The number of aromatic nitrogens is 1. The summed E-state index contributed by atoms with van der Waals surface area (Å²) in [6.07, 6.45) is 23.3. The summed E-state index contributed by atoms with van der Waals surface area (Å²) in [5, 5.41) is 0. The molecule has 2 saturated heterocycles. The third-order valence-electron chi connectivity index (χ3n) is 9.58. The number of carbonyl (C=O) groups is 3. The van der Waals surface area contributed by atoms with Gasteiger partial charge in [0.2, 0.25) is 11.8 Å². The van der Waals surface area contributed by atoms with Gasteiger partial charge in [0.15, 0.2) is 0 Å². The number of hydrogen-bond acceptors (Lipinski definition) is 7. The summed E-state index contributed by atoms with van der Waals surface area (Å²) in [7, 11) is 0. The number of pyridine rings is 1. The molecule has 2 amide bonds. The minimum atomic E-state index is -0.521. The lowest BCUT2D eigenvalue weighted by atomic mass is 9.85. The lowest BCUT2D eigenvalue weighted by Crippen LogP contribution is -2.51. The van der Waals surface area contributed by atoms with E-state index < -0.39 is 6.10 Å². The Balaban J connectivity index is 1.18. The van der Waals surface area contributed by atoms with Gasteiger partial charge in [0, 0.05) is 45.3 Å². The van der Waals surface area contributed by atoms with Crippen LogP contribution in [0.5, 0.6) is 0 Å². The highest BCUT2D eigenvalue weighted by molar-refractivity contribution is 6.05. The Bertz CT molecular complexity index is 1010. The fourth-order valence-corrected chi connectivity index (χ4v) is 6.91. The maximum absolute atomic E-state index is 13.2. The van der Waals surface area contributed by atoms with Crippen LogP contribution in [0, 0.1) is 11.8 Å². The van der Waals surface area contributed by atoms with Gasteiger partial charge in [-0.15, -0.1) is 0 Å². The van der Waals surface area contributed by atoms with E-state index in [2.05, 4.69) is 21.7 Å². The topological polar surface area (TPSA) is 83.1 Å². The van der Waals surface area contributed by atoms with Crippen molar-refractivity contribution in [2.45, 2.75) is 116 Å². The number of allylic oxidation sites excluding steroid dienone is 2. The zero-order valence-electron chi connectivity index (χ0n) is 27.2. The zero-order chi connectivity index (χ0) is 31.0. The smallest absolute Gasteiger partial charge is 0.306 e. The molecule has 3 heterocycles. The largest absolute Gasteiger partial charge is 0.459 e. The van der Waals surface area contributed by atoms with Crippen molar-refractivity contribution in [1.82, 2.24) is 14.8 Å². The number of anilines is 1. The van der Waals surface area contributed by atoms with Crippen molar-refractivity contribution >= 4 is 23.6 Å². The van der Waals surface area contributed by atoms with Crippen molar-refractivity contribution in [3.63, 3.8) is 0 Å². The van der Waals surface area contributed by atoms with Crippen molar-refractivity contribution in [3.8, 4) is 0 Å². The van der Waals surface area contributed by atoms with Crippen LogP contribution < -0.4 is 4.90 Å². The lowest BCUT2D eigenvalue weighted by molar-refractivity contribution is -0.155. The van der Waals surface area contributed by atoms with Gasteiger partial charge in [-0.05, 0) is 31.4 Å². The highest BCUT2D eigenvalue weighted by atomic mass is 16.5. The SMILES string of the molecule is CCCCCCCCCCCCCCCC(=O)OC(CN1CCN(c2ccccn2)CC1)CN1C(=O)[C@H]2CC=CC[C@H]2C1=O. The number of nitrogens with zero attached hydrogens (tertiary/aromatic N) is 4. The van der Waals surface area contributed by atoms with Crippen LogP contribution in [0.1, 0.15) is 110 Å². The second kappa shape index (κ2) is 18.9. The first-order valence-electron chi connectivity index (χ1n) is 17.6. The number of imide groups is 1. The van der Waals surface area contributed by atoms with E-state index >= 15 is 0 Å². The summed E-state index contributed by atoms with van der Waals surface area (Å²) in [5.41, 5.74) is 0. The van der Waals surface area contributed by atoms with Crippen LogP contribution in [0.4, 0.5) is 5.82 Å². The Morgan fingerprint density at radius 2 is 1.36 bits per heavy atom. The van der Waals surface area contributed by atoms with Gasteiger partial charge in [0.05, 0.1) is 18.4 Å². The van der Waals surface area contributed by atoms with Crippen LogP contribution >= 0.6 is 0 Å². The first-order chi connectivity index (χ1) is 21.6. The highest BCUT2D eigenvalue weighted by Crippen LogP contribution is 2.35.